The van der Waals surface area contributed by atoms with Crippen LogP contribution >= 0.6 is 11.3 Å². The number of hydrogen-bond donors (Lipinski definition) is 0. The summed E-state index contributed by atoms with van der Waals surface area (Å²) < 4.78 is 2.55. The van der Waals surface area contributed by atoms with Crippen molar-refractivity contribution in [1.29, 1.82) is 0 Å². The van der Waals surface area contributed by atoms with Crippen molar-refractivity contribution < 1.29 is 4.48 Å². The molecule has 0 N–H and O–H groups in total. The smallest absolute Gasteiger partial charge is 0.258 e. The summed E-state index contributed by atoms with van der Waals surface area (Å²) in [5.41, 5.74) is 0.956. The molecule has 0 aromatic carbocycles. The molecule has 1 aliphatic rings. The van der Waals surface area contributed by atoms with Gasteiger partial charge in [0.2, 0.25) is 0 Å². The highest BCUT2D eigenvalue weighted by Crippen LogP contribution is 2.28. The lowest BCUT2D eigenvalue weighted by atomic mass is 10.1. The summed E-state index contributed by atoms with van der Waals surface area (Å²) in [4.78, 5) is 17.4. The van der Waals surface area contributed by atoms with E-state index >= 15 is 0 Å². The minimum absolute atomic E-state index is 0.0349. The van der Waals surface area contributed by atoms with E-state index in [0.29, 0.717) is 6.04 Å². The van der Waals surface area contributed by atoms with Gasteiger partial charge < -0.3 is 4.48 Å². The van der Waals surface area contributed by atoms with Gasteiger partial charge in [-0.3, -0.25) is 9.20 Å². The zero-order chi connectivity index (χ0) is 13.5. The molecule has 3 rings (SSSR count). The van der Waals surface area contributed by atoms with Crippen LogP contribution in [0.3, 0.4) is 0 Å². The van der Waals surface area contributed by atoms with Crippen molar-refractivity contribution in [2.24, 2.45) is 0 Å². The molecule has 0 atom stereocenters. The standard InChI is InChI=1S/C14H20N3OS/c1-17(2,12-5-3-4-6-12)10-11-9-13(18)16-7-8-19-14(16)15-11/h7-9,12H,3-6,10H2,1-2H3/q+1. The van der Waals surface area contributed by atoms with Crippen LogP contribution in [0.4, 0.5) is 0 Å². The van der Waals surface area contributed by atoms with Gasteiger partial charge in [-0.05, 0) is 25.7 Å². The Kier molecular flexibility index (Phi) is 3.19. The van der Waals surface area contributed by atoms with E-state index in [1.54, 1.807) is 16.7 Å². The number of fused-ring (bicyclic) bond motifs is 1. The highest BCUT2D eigenvalue weighted by molar-refractivity contribution is 7.15. The van der Waals surface area contributed by atoms with Gasteiger partial charge in [0.15, 0.2) is 4.96 Å². The van der Waals surface area contributed by atoms with Crippen LogP contribution in [-0.2, 0) is 6.54 Å². The number of thiazole rings is 1. The molecule has 102 valence electrons. The van der Waals surface area contributed by atoms with Crippen molar-refractivity contribution in [3.63, 3.8) is 0 Å². The van der Waals surface area contributed by atoms with Crippen LogP contribution in [0.1, 0.15) is 31.4 Å². The summed E-state index contributed by atoms with van der Waals surface area (Å²) >= 11 is 1.52. The molecule has 1 saturated carbocycles. The number of rotatable bonds is 3. The summed E-state index contributed by atoms with van der Waals surface area (Å²) in [5, 5.41) is 1.91. The molecule has 2 aromatic heterocycles. The Bertz CT molecular complexity index is 637. The average Bonchev–Trinajstić information content (AvgIpc) is 2.99. The van der Waals surface area contributed by atoms with Crippen molar-refractivity contribution in [3.8, 4) is 0 Å². The zero-order valence-corrected chi connectivity index (χ0v) is 12.3. The minimum atomic E-state index is 0.0349. The SMILES string of the molecule is C[N+](C)(Cc1cc(=O)n2ccsc2n1)C1CCCC1. The molecule has 4 nitrogen and oxygen atoms in total. The lowest BCUT2D eigenvalue weighted by Crippen LogP contribution is -2.47. The van der Waals surface area contributed by atoms with Gasteiger partial charge in [-0.15, -0.1) is 11.3 Å². The topological polar surface area (TPSA) is 34.4 Å². The predicted molar refractivity (Wildman–Crippen MR) is 77.4 cm³/mol. The molecule has 0 radical (unpaired) electrons. The first kappa shape index (κ1) is 12.8. The second-order valence-electron chi connectivity index (χ2n) is 6.02. The van der Waals surface area contributed by atoms with Gasteiger partial charge in [0.1, 0.15) is 12.2 Å². The largest absolute Gasteiger partial charge is 0.321 e. The normalized spacial score (nSPS) is 17.4. The monoisotopic (exact) mass is 278 g/mol. The van der Waals surface area contributed by atoms with E-state index in [1.165, 1.54) is 37.0 Å². The van der Waals surface area contributed by atoms with E-state index in [-0.39, 0.29) is 5.56 Å². The molecule has 0 amide bonds. The maximum absolute atomic E-state index is 12.0. The second kappa shape index (κ2) is 4.72. The highest BCUT2D eigenvalue weighted by Gasteiger charge is 2.31. The van der Waals surface area contributed by atoms with Gasteiger partial charge in [0.25, 0.3) is 5.56 Å². The summed E-state index contributed by atoms with van der Waals surface area (Å²) in [7, 11) is 4.52. The van der Waals surface area contributed by atoms with E-state index in [0.717, 1.165) is 21.7 Å². The number of nitrogens with zero attached hydrogens (tertiary/aromatic N) is 3. The summed E-state index contributed by atoms with van der Waals surface area (Å²) in [6, 6.07) is 2.40. The summed E-state index contributed by atoms with van der Waals surface area (Å²) in [6.45, 7) is 0.842. The first-order valence-electron chi connectivity index (χ1n) is 6.85. The number of aromatic nitrogens is 2. The van der Waals surface area contributed by atoms with Crippen molar-refractivity contribution >= 4 is 16.3 Å². The van der Waals surface area contributed by atoms with Crippen LogP contribution in [0, 0.1) is 0 Å². The van der Waals surface area contributed by atoms with E-state index < -0.39 is 0 Å². The van der Waals surface area contributed by atoms with Crippen molar-refractivity contribution in [1.82, 2.24) is 9.38 Å². The van der Waals surface area contributed by atoms with E-state index in [2.05, 4.69) is 19.1 Å². The first-order chi connectivity index (χ1) is 9.06. The van der Waals surface area contributed by atoms with Crippen molar-refractivity contribution in [3.05, 3.63) is 33.7 Å². The van der Waals surface area contributed by atoms with Crippen LogP contribution in [0.25, 0.3) is 4.96 Å². The molecule has 2 heterocycles. The molecule has 5 heteroatoms. The molecule has 2 aromatic rings. The molecule has 0 saturated heterocycles. The molecule has 0 spiro atoms. The molecule has 0 bridgehead atoms. The lowest BCUT2D eigenvalue weighted by Gasteiger charge is -2.35. The second-order valence-corrected chi connectivity index (χ2v) is 6.89. The summed E-state index contributed by atoms with van der Waals surface area (Å²) in [5.74, 6) is 0. The van der Waals surface area contributed by atoms with E-state index in [9.17, 15) is 4.79 Å². The fourth-order valence-electron chi connectivity index (χ4n) is 3.12. The Hall–Kier alpha value is -1.20. The van der Waals surface area contributed by atoms with Gasteiger partial charge >= 0.3 is 0 Å². The van der Waals surface area contributed by atoms with Gasteiger partial charge in [-0.25, -0.2) is 4.98 Å². The Morgan fingerprint density at radius 1 is 1.42 bits per heavy atom. The molecular weight excluding hydrogens is 258 g/mol. The number of quaternary nitrogens is 1. The van der Waals surface area contributed by atoms with Gasteiger partial charge in [-0.2, -0.15) is 0 Å². The highest BCUT2D eigenvalue weighted by atomic mass is 32.1. The Labute approximate surface area is 116 Å². The van der Waals surface area contributed by atoms with Gasteiger partial charge in [0, 0.05) is 17.6 Å². The fraction of sp³-hybridized carbons (Fsp3) is 0.571. The predicted octanol–water partition coefficient (Wildman–Crippen LogP) is 2.28. The molecule has 0 unspecified atom stereocenters. The first-order valence-corrected chi connectivity index (χ1v) is 7.73. The lowest BCUT2D eigenvalue weighted by molar-refractivity contribution is -0.927. The maximum Gasteiger partial charge on any atom is 0.258 e. The molecule has 1 aliphatic carbocycles. The average molecular weight is 278 g/mol. The van der Waals surface area contributed by atoms with E-state index in [1.807, 2.05) is 5.38 Å². The van der Waals surface area contributed by atoms with Crippen LogP contribution in [0.15, 0.2) is 22.4 Å². The Morgan fingerprint density at radius 3 is 2.89 bits per heavy atom. The van der Waals surface area contributed by atoms with Crippen LogP contribution in [0.2, 0.25) is 0 Å². The van der Waals surface area contributed by atoms with Crippen molar-refractivity contribution in [2.45, 2.75) is 38.3 Å². The zero-order valence-electron chi connectivity index (χ0n) is 11.5. The van der Waals surface area contributed by atoms with E-state index in [4.69, 9.17) is 0 Å². The Balaban J connectivity index is 1.90. The van der Waals surface area contributed by atoms with Crippen molar-refractivity contribution in [2.75, 3.05) is 14.1 Å². The van der Waals surface area contributed by atoms with Crippen LogP contribution < -0.4 is 5.56 Å². The summed E-state index contributed by atoms with van der Waals surface area (Å²) in [6.07, 6.45) is 7.06. The third kappa shape index (κ3) is 2.44. The molecular formula is C14H20N3OS+. The fourth-order valence-corrected chi connectivity index (χ4v) is 3.86. The third-order valence-electron chi connectivity index (χ3n) is 4.24. The van der Waals surface area contributed by atoms with Gasteiger partial charge in [-0.1, -0.05) is 0 Å². The van der Waals surface area contributed by atoms with Crippen LogP contribution in [-0.4, -0.2) is 34.0 Å². The van der Waals surface area contributed by atoms with Gasteiger partial charge in [0.05, 0.1) is 20.1 Å². The maximum atomic E-state index is 12.0. The quantitative estimate of drug-likeness (QED) is 0.807. The Morgan fingerprint density at radius 2 is 2.16 bits per heavy atom. The molecule has 19 heavy (non-hydrogen) atoms. The minimum Gasteiger partial charge on any atom is -0.321 e. The number of hydrogen-bond acceptors (Lipinski definition) is 3. The molecule has 0 aliphatic heterocycles. The third-order valence-corrected chi connectivity index (χ3v) is 5.00. The molecule has 1 fully saturated rings. The van der Waals surface area contributed by atoms with Crippen LogP contribution in [0.5, 0.6) is 0 Å².